The van der Waals surface area contributed by atoms with Gasteiger partial charge in [0.1, 0.15) is 0 Å². The Labute approximate surface area is 105 Å². The van der Waals surface area contributed by atoms with Gasteiger partial charge in [0.25, 0.3) is 0 Å². The molecule has 1 unspecified atom stereocenters. The van der Waals surface area contributed by atoms with Gasteiger partial charge in [0.05, 0.1) is 6.33 Å². The van der Waals surface area contributed by atoms with Crippen LogP contribution >= 0.6 is 0 Å². The van der Waals surface area contributed by atoms with Gasteiger partial charge < -0.3 is 9.88 Å². The van der Waals surface area contributed by atoms with Crippen LogP contribution in [0.2, 0.25) is 0 Å². The summed E-state index contributed by atoms with van der Waals surface area (Å²) in [4.78, 5) is 4.24. The van der Waals surface area contributed by atoms with Gasteiger partial charge in [-0.2, -0.15) is 0 Å². The lowest BCUT2D eigenvalue weighted by Crippen LogP contribution is -2.28. The van der Waals surface area contributed by atoms with Gasteiger partial charge in [0.15, 0.2) is 0 Å². The van der Waals surface area contributed by atoms with Gasteiger partial charge in [-0.1, -0.05) is 6.92 Å². The molecule has 0 radical (unpaired) electrons. The molecule has 5 heteroatoms. The van der Waals surface area contributed by atoms with E-state index in [0.29, 0.717) is 5.92 Å². The number of rotatable bonds is 5. The molecule has 1 aliphatic rings. The first-order valence-electron chi connectivity index (χ1n) is 6.37. The maximum atomic E-state index is 11.5. The van der Waals surface area contributed by atoms with E-state index in [4.69, 9.17) is 0 Å². The quantitative estimate of drug-likeness (QED) is 0.857. The standard InChI is InChI=1S/C12H21N3OS/c1-2-17(16)8-7-15-10-14-9-12(15)11-3-5-13-6-4-11/h9-11,13H,2-8H2,1H3. The molecule has 0 saturated carbocycles. The topological polar surface area (TPSA) is 46.9 Å². The molecule has 0 bridgehead atoms. The highest BCUT2D eigenvalue weighted by Gasteiger charge is 2.18. The van der Waals surface area contributed by atoms with E-state index in [1.807, 2.05) is 19.4 Å². The van der Waals surface area contributed by atoms with Crippen LogP contribution in [0.25, 0.3) is 0 Å². The fourth-order valence-electron chi connectivity index (χ4n) is 2.32. The molecule has 1 fully saturated rings. The first-order chi connectivity index (χ1) is 8.31. The molecule has 1 aromatic heterocycles. The Balaban J connectivity index is 1.98. The van der Waals surface area contributed by atoms with E-state index in [1.54, 1.807) is 0 Å². The summed E-state index contributed by atoms with van der Waals surface area (Å²) in [5.41, 5.74) is 1.32. The largest absolute Gasteiger partial charge is 0.333 e. The van der Waals surface area contributed by atoms with Crippen molar-refractivity contribution in [2.75, 3.05) is 24.6 Å². The molecule has 4 nitrogen and oxygen atoms in total. The van der Waals surface area contributed by atoms with Gasteiger partial charge in [-0.25, -0.2) is 4.98 Å². The van der Waals surface area contributed by atoms with E-state index >= 15 is 0 Å². The maximum Gasteiger partial charge on any atom is 0.0948 e. The molecule has 2 rings (SSSR count). The van der Waals surface area contributed by atoms with Crippen LogP contribution < -0.4 is 5.32 Å². The van der Waals surface area contributed by atoms with Gasteiger partial charge in [-0.3, -0.25) is 4.21 Å². The van der Waals surface area contributed by atoms with Crippen molar-refractivity contribution < 1.29 is 4.21 Å². The van der Waals surface area contributed by atoms with E-state index in [1.165, 1.54) is 18.5 Å². The molecule has 2 heterocycles. The van der Waals surface area contributed by atoms with Crippen LogP contribution in [0.1, 0.15) is 31.4 Å². The number of imidazole rings is 1. The zero-order valence-corrected chi connectivity index (χ0v) is 11.2. The lowest BCUT2D eigenvalue weighted by atomic mass is 9.95. The fraction of sp³-hybridized carbons (Fsp3) is 0.750. The Bertz CT molecular complexity index is 372. The third kappa shape index (κ3) is 3.39. The molecule has 0 aromatic carbocycles. The minimum absolute atomic E-state index is 0.619. The zero-order valence-electron chi connectivity index (χ0n) is 10.4. The first-order valence-corrected chi connectivity index (χ1v) is 7.85. The number of hydrogen-bond donors (Lipinski definition) is 1. The molecule has 1 aliphatic heterocycles. The normalized spacial score (nSPS) is 19.4. The Morgan fingerprint density at radius 3 is 3.00 bits per heavy atom. The molecule has 1 atom stereocenters. The lowest BCUT2D eigenvalue weighted by Gasteiger charge is -2.23. The second-order valence-corrected chi connectivity index (χ2v) is 6.33. The Hall–Kier alpha value is -0.680. The molecule has 1 aromatic rings. The van der Waals surface area contributed by atoms with E-state index in [-0.39, 0.29) is 0 Å². The summed E-state index contributed by atoms with van der Waals surface area (Å²) >= 11 is 0. The van der Waals surface area contributed by atoms with Crippen LogP contribution in [0.5, 0.6) is 0 Å². The highest BCUT2D eigenvalue weighted by atomic mass is 32.2. The van der Waals surface area contributed by atoms with E-state index < -0.39 is 10.8 Å². The predicted octanol–water partition coefficient (Wildman–Crippen LogP) is 1.12. The summed E-state index contributed by atoms with van der Waals surface area (Å²) in [7, 11) is -0.686. The highest BCUT2D eigenvalue weighted by Crippen LogP contribution is 2.24. The summed E-state index contributed by atoms with van der Waals surface area (Å²) in [6, 6.07) is 0. The van der Waals surface area contributed by atoms with E-state index in [9.17, 15) is 4.21 Å². The molecule has 17 heavy (non-hydrogen) atoms. The van der Waals surface area contributed by atoms with Crippen molar-refractivity contribution in [2.24, 2.45) is 0 Å². The first kappa shape index (κ1) is 12.8. The smallest absolute Gasteiger partial charge is 0.0948 e. The lowest BCUT2D eigenvalue weighted by molar-refractivity contribution is 0.441. The van der Waals surface area contributed by atoms with Crippen molar-refractivity contribution in [2.45, 2.75) is 32.2 Å². The van der Waals surface area contributed by atoms with Crippen molar-refractivity contribution >= 4 is 10.8 Å². The summed E-state index contributed by atoms with van der Waals surface area (Å²) in [6.07, 6.45) is 6.22. The number of hydrogen-bond acceptors (Lipinski definition) is 3. The summed E-state index contributed by atoms with van der Waals surface area (Å²) in [5.74, 6) is 2.11. The molecule has 0 spiro atoms. The van der Waals surface area contributed by atoms with Gasteiger partial charge in [0, 0.05) is 46.7 Å². The van der Waals surface area contributed by atoms with Crippen molar-refractivity contribution in [1.82, 2.24) is 14.9 Å². The van der Waals surface area contributed by atoms with Crippen LogP contribution in [0.15, 0.2) is 12.5 Å². The van der Waals surface area contributed by atoms with E-state index in [2.05, 4.69) is 14.9 Å². The molecule has 96 valence electrons. The Kier molecular flexibility index (Phi) is 4.74. The van der Waals surface area contributed by atoms with Crippen molar-refractivity contribution in [3.8, 4) is 0 Å². The average Bonchev–Trinajstić information content (AvgIpc) is 2.85. The summed E-state index contributed by atoms with van der Waals surface area (Å²) < 4.78 is 13.6. The van der Waals surface area contributed by atoms with Crippen molar-refractivity contribution in [3.63, 3.8) is 0 Å². The second kappa shape index (κ2) is 6.31. The van der Waals surface area contributed by atoms with Gasteiger partial charge in [-0.15, -0.1) is 0 Å². The van der Waals surface area contributed by atoms with E-state index in [0.717, 1.165) is 31.1 Å². The molecule has 1 saturated heterocycles. The highest BCUT2D eigenvalue weighted by molar-refractivity contribution is 7.84. The van der Waals surface area contributed by atoms with Crippen LogP contribution in [0, 0.1) is 0 Å². The molecular weight excluding hydrogens is 234 g/mol. The molecule has 1 N–H and O–H groups in total. The zero-order chi connectivity index (χ0) is 12.1. The van der Waals surface area contributed by atoms with Crippen LogP contribution in [0.4, 0.5) is 0 Å². The number of aryl methyl sites for hydroxylation is 1. The van der Waals surface area contributed by atoms with Gasteiger partial charge >= 0.3 is 0 Å². The van der Waals surface area contributed by atoms with Crippen LogP contribution in [-0.2, 0) is 17.3 Å². The molecule has 0 aliphatic carbocycles. The van der Waals surface area contributed by atoms with Crippen molar-refractivity contribution in [1.29, 1.82) is 0 Å². The van der Waals surface area contributed by atoms with Gasteiger partial charge in [0.2, 0.25) is 0 Å². The minimum atomic E-state index is -0.686. The SMILES string of the molecule is CCS(=O)CCn1cncc1C1CCNCC1. The molecular formula is C12H21N3OS. The Morgan fingerprint density at radius 2 is 2.29 bits per heavy atom. The number of nitrogens with zero attached hydrogens (tertiary/aromatic N) is 2. The molecule has 0 amide bonds. The third-order valence-corrected chi connectivity index (χ3v) is 4.67. The summed E-state index contributed by atoms with van der Waals surface area (Å²) in [5, 5.41) is 3.38. The average molecular weight is 255 g/mol. The van der Waals surface area contributed by atoms with Crippen molar-refractivity contribution in [3.05, 3.63) is 18.2 Å². The minimum Gasteiger partial charge on any atom is -0.333 e. The second-order valence-electron chi connectivity index (χ2n) is 4.47. The maximum absolute atomic E-state index is 11.5. The number of nitrogens with one attached hydrogen (secondary N) is 1. The predicted molar refractivity (Wildman–Crippen MR) is 70.6 cm³/mol. The van der Waals surface area contributed by atoms with Crippen LogP contribution in [0.3, 0.4) is 0 Å². The monoisotopic (exact) mass is 255 g/mol. The number of aromatic nitrogens is 2. The Morgan fingerprint density at radius 1 is 1.53 bits per heavy atom. The number of piperidine rings is 1. The van der Waals surface area contributed by atoms with Crippen LogP contribution in [-0.4, -0.2) is 38.4 Å². The third-order valence-electron chi connectivity index (χ3n) is 3.38. The summed E-state index contributed by atoms with van der Waals surface area (Å²) in [6.45, 7) is 4.99. The fourth-order valence-corrected chi connectivity index (χ4v) is 3.01. The van der Waals surface area contributed by atoms with Gasteiger partial charge in [-0.05, 0) is 25.9 Å².